The molecule has 4 saturated carbocycles. The van der Waals surface area contributed by atoms with Crippen LogP contribution in [0.3, 0.4) is 0 Å². The van der Waals surface area contributed by atoms with Gasteiger partial charge in [0.05, 0.1) is 5.60 Å². The van der Waals surface area contributed by atoms with Crippen LogP contribution in [0.5, 0.6) is 0 Å². The largest absolute Gasteiger partial charge is 0.375 e. The van der Waals surface area contributed by atoms with Crippen molar-refractivity contribution in [2.24, 2.45) is 17.8 Å². The third kappa shape index (κ3) is 1.45. The van der Waals surface area contributed by atoms with Crippen LogP contribution in [0.2, 0.25) is 0 Å². The van der Waals surface area contributed by atoms with Gasteiger partial charge in [-0.2, -0.15) is 0 Å². The predicted octanol–water partition coefficient (Wildman–Crippen LogP) is 2.56. The number of ketones is 1. The topological polar surface area (TPSA) is 26.3 Å². The normalized spacial score (nSPS) is 47.5. The Bertz CT molecular complexity index is 266. The van der Waals surface area contributed by atoms with Crippen LogP contribution in [0.25, 0.3) is 0 Å². The lowest BCUT2D eigenvalue weighted by Crippen LogP contribution is -2.56. The van der Waals surface area contributed by atoms with E-state index in [1.54, 1.807) is 0 Å². The molecule has 0 aromatic carbocycles. The molecule has 0 aromatic rings. The zero-order chi connectivity index (χ0) is 10.5. The summed E-state index contributed by atoms with van der Waals surface area (Å²) in [5.41, 5.74) is 0.112. The van der Waals surface area contributed by atoms with Crippen LogP contribution < -0.4 is 0 Å². The lowest BCUT2D eigenvalue weighted by Gasteiger charge is -2.55. The summed E-state index contributed by atoms with van der Waals surface area (Å²) in [6.45, 7) is 3.03. The first-order chi connectivity index (χ1) is 7.22. The van der Waals surface area contributed by atoms with E-state index in [2.05, 4.69) is 6.92 Å². The van der Waals surface area contributed by atoms with Crippen LogP contribution in [0.1, 0.15) is 45.4 Å². The molecule has 4 atom stereocenters. The third-order valence-corrected chi connectivity index (χ3v) is 4.55. The first-order valence-electron chi connectivity index (χ1n) is 6.40. The highest BCUT2D eigenvalue weighted by Crippen LogP contribution is 2.55. The van der Waals surface area contributed by atoms with Gasteiger partial charge in [-0.05, 0) is 44.4 Å². The van der Waals surface area contributed by atoms with Crippen molar-refractivity contribution in [1.82, 2.24) is 0 Å². The molecule has 4 bridgehead atoms. The molecule has 0 spiro atoms. The van der Waals surface area contributed by atoms with Crippen molar-refractivity contribution in [2.45, 2.75) is 51.0 Å². The van der Waals surface area contributed by atoms with Gasteiger partial charge in [-0.25, -0.2) is 0 Å². The maximum atomic E-state index is 11.9. The highest BCUT2D eigenvalue weighted by atomic mass is 16.5. The summed E-state index contributed by atoms with van der Waals surface area (Å²) in [7, 11) is 0. The van der Waals surface area contributed by atoms with Crippen LogP contribution >= 0.6 is 0 Å². The Balaban J connectivity index is 1.80. The van der Waals surface area contributed by atoms with Crippen molar-refractivity contribution in [1.29, 1.82) is 0 Å². The number of hydrogen-bond acceptors (Lipinski definition) is 2. The van der Waals surface area contributed by atoms with Crippen LogP contribution in [-0.4, -0.2) is 18.0 Å². The van der Waals surface area contributed by atoms with Gasteiger partial charge in [0.2, 0.25) is 0 Å². The predicted molar refractivity (Wildman–Crippen MR) is 57.5 cm³/mol. The number of carbonyl (C=O) groups excluding carboxylic acids is 1. The highest BCUT2D eigenvalue weighted by Gasteiger charge is 2.55. The molecule has 4 rings (SSSR count). The highest BCUT2D eigenvalue weighted by molar-refractivity contribution is 5.85. The number of hydrogen-bond donors (Lipinski definition) is 0. The fourth-order valence-electron chi connectivity index (χ4n) is 4.17. The summed E-state index contributed by atoms with van der Waals surface area (Å²) < 4.78 is 6.09. The van der Waals surface area contributed by atoms with E-state index >= 15 is 0 Å². The van der Waals surface area contributed by atoms with E-state index in [1.165, 1.54) is 6.42 Å². The lowest BCUT2D eigenvalue weighted by atomic mass is 9.53. The summed E-state index contributed by atoms with van der Waals surface area (Å²) in [6.07, 6.45) is 6.69. The van der Waals surface area contributed by atoms with Gasteiger partial charge in [-0.3, -0.25) is 4.79 Å². The molecule has 2 unspecified atom stereocenters. The zero-order valence-electron chi connectivity index (χ0n) is 9.50. The van der Waals surface area contributed by atoms with Crippen molar-refractivity contribution >= 4 is 5.78 Å². The maximum absolute atomic E-state index is 11.9. The smallest absolute Gasteiger partial charge is 0.139 e. The fraction of sp³-hybridized carbons (Fsp3) is 0.923. The molecule has 15 heavy (non-hydrogen) atoms. The van der Waals surface area contributed by atoms with Gasteiger partial charge in [-0.1, -0.05) is 6.92 Å². The van der Waals surface area contributed by atoms with Gasteiger partial charge in [0.25, 0.3) is 0 Å². The molecule has 2 heteroatoms. The maximum Gasteiger partial charge on any atom is 0.139 e. The van der Waals surface area contributed by atoms with Gasteiger partial charge >= 0.3 is 0 Å². The molecule has 0 N–H and O–H groups in total. The second-order valence-corrected chi connectivity index (χ2v) is 5.78. The number of ether oxygens (including phenoxy) is 1. The van der Waals surface area contributed by atoms with Crippen molar-refractivity contribution in [3.8, 4) is 0 Å². The summed E-state index contributed by atoms with van der Waals surface area (Å²) in [4.78, 5) is 11.9. The number of carbonyl (C=O) groups is 1. The Hall–Kier alpha value is -0.370. The van der Waals surface area contributed by atoms with Crippen molar-refractivity contribution in [3.05, 3.63) is 0 Å². The average Bonchev–Trinajstić information content (AvgIpc) is 2.22. The standard InChI is InChI=1S/C13H20O2/c1-2-3-15-13-6-9-4-10(7-13)12(14)11(5-9)8-13/h9-11H,2-8H2,1H3/t9?,10-,11+,13?. The second-order valence-electron chi connectivity index (χ2n) is 5.78. The SMILES string of the molecule is CCCOC12CC3C[C@H](C1)C(=O)[C@@H](C3)C2. The molecule has 0 aliphatic heterocycles. The van der Waals surface area contributed by atoms with Gasteiger partial charge < -0.3 is 4.74 Å². The van der Waals surface area contributed by atoms with Crippen molar-refractivity contribution in [3.63, 3.8) is 0 Å². The Morgan fingerprint density at radius 3 is 2.53 bits per heavy atom. The van der Waals surface area contributed by atoms with Crippen molar-refractivity contribution < 1.29 is 9.53 Å². The number of Topliss-reactive ketones (excluding diaryl/α,β-unsaturated/α-hetero) is 1. The Morgan fingerprint density at radius 2 is 1.93 bits per heavy atom. The van der Waals surface area contributed by atoms with Crippen molar-refractivity contribution in [2.75, 3.05) is 6.61 Å². The Kier molecular flexibility index (Phi) is 2.17. The molecule has 0 heterocycles. The molecule has 0 amide bonds. The molecule has 0 aromatic heterocycles. The van der Waals surface area contributed by atoms with E-state index in [4.69, 9.17) is 4.74 Å². The van der Waals surface area contributed by atoms with E-state index < -0.39 is 0 Å². The summed E-state index contributed by atoms with van der Waals surface area (Å²) in [5.74, 6) is 2.06. The minimum absolute atomic E-state index is 0.112. The molecular formula is C13H20O2. The zero-order valence-corrected chi connectivity index (χ0v) is 9.50. The average molecular weight is 208 g/mol. The number of rotatable bonds is 3. The second kappa shape index (κ2) is 3.31. The fourth-order valence-corrected chi connectivity index (χ4v) is 4.17. The van der Waals surface area contributed by atoms with Crippen LogP contribution in [0.4, 0.5) is 0 Å². The van der Waals surface area contributed by atoms with Gasteiger partial charge in [0.15, 0.2) is 0 Å². The minimum atomic E-state index is 0.112. The summed E-state index contributed by atoms with van der Waals surface area (Å²) >= 11 is 0. The van der Waals surface area contributed by atoms with E-state index in [-0.39, 0.29) is 5.60 Å². The lowest BCUT2D eigenvalue weighted by molar-refractivity contribution is -0.175. The van der Waals surface area contributed by atoms with Crippen LogP contribution in [0.15, 0.2) is 0 Å². The van der Waals surface area contributed by atoms with E-state index in [0.29, 0.717) is 17.6 Å². The molecule has 0 radical (unpaired) electrons. The Labute approximate surface area is 91.4 Å². The van der Waals surface area contributed by atoms with E-state index in [1.807, 2.05) is 0 Å². The van der Waals surface area contributed by atoms with Crippen LogP contribution in [0, 0.1) is 17.8 Å². The van der Waals surface area contributed by atoms with E-state index in [9.17, 15) is 4.79 Å². The molecule has 4 fully saturated rings. The van der Waals surface area contributed by atoms with E-state index in [0.717, 1.165) is 44.6 Å². The first kappa shape index (κ1) is 9.83. The molecule has 0 saturated heterocycles. The van der Waals surface area contributed by atoms with Gasteiger partial charge in [0, 0.05) is 18.4 Å². The third-order valence-electron chi connectivity index (χ3n) is 4.55. The van der Waals surface area contributed by atoms with Crippen LogP contribution in [-0.2, 0) is 9.53 Å². The molecule has 84 valence electrons. The molecule has 4 aliphatic rings. The van der Waals surface area contributed by atoms with Gasteiger partial charge in [0.1, 0.15) is 5.78 Å². The molecule has 2 nitrogen and oxygen atoms in total. The quantitative estimate of drug-likeness (QED) is 0.712. The molecule has 4 aliphatic carbocycles. The minimum Gasteiger partial charge on any atom is -0.375 e. The summed E-state index contributed by atoms with van der Waals surface area (Å²) in [6, 6.07) is 0. The molecular weight excluding hydrogens is 188 g/mol. The first-order valence-corrected chi connectivity index (χ1v) is 6.40. The Morgan fingerprint density at radius 1 is 1.27 bits per heavy atom. The summed E-state index contributed by atoms with van der Waals surface area (Å²) in [5, 5.41) is 0. The monoisotopic (exact) mass is 208 g/mol. The van der Waals surface area contributed by atoms with Gasteiger partial charge in [-0.15, -0.1) is 0 Å².